The Kier molecular flexibility index (Phi) is 11.0. The Morgan fingerprint density at radius 1 is 1.00 bits per heavy atom. The minimum Gasteiger partial charge on any atom is -0.466 e. The van der Waals surface area contributed by atoms with E-state index in [0.29, 0.717) is 16.8 Å². The fraction of sp³-hybridized carbons (Fsp3) is 0.536. The predicted octanol–water partition coefficient (Wildman–Crippen LogP) is 4.42. The van der Waals surface area contributed by atoms with Crippen LogP contribution in [0, 0.1) is 11.8 Å². The number of hydrogen-bond donors (Lipinski definition) is 0. The Hall–Kier alpha value is -3.29. The molecule has 4 atom stereocenters. The van der Waals surface area contributed by atoms with E-state index in [0.717, 1.165) is 5.56 Å². The SMILES string of the molecule is CCOC(=O)C(C)=Cc1ccccc1C1C(C(=O)OCC)C(C)=NC(C=NC(C)C)C1C(=O)OCC. The van der Waals surface area contributed by atoms with Crippen molar-refractivity contribution >= 4 is 35.9 Å². The first-order valence-electron chi connectivity index (χ1n) is 12.5. The van der Waals surface area contributed by atoms with Crippen molar-refractivity contribution in [2.75, 3.05) is 19.8 Å². The van der Waals surface area contributed by atoms with Crippen LogP contribution in [0.2, 0.25) is 0 Å². The van der Waals surface area contributed by atoms with Gasteiger partial charge in [0.15, 0.2) is 0 Å². The molecule has 1 aliphatic heterocycles. The van der Waals surface area contributed by atoms with Gasteiger partial charge in [0.25, 0.3) is 0 Å². The summed E-state index contributed by atoms with van der Waals surface area (Å²) >= 11 is 0. The molecule has 0 aliphatic carbocycles. The summed E-state index contributed by atoms with van der Waals surface area (Å²) in [5.74, 6) is -3.62. The van der Waals surface area contributed by atoms with Gasteiger partial charge in [0.05, 0.1) is 31.8 Å². The molecule has 0 saturated carbocycles. The molecule has 4 unspecified atom stereocenters. The number of nitrogens with zero attached hydrogens (tertiary/aromatic N) is 2. The molecule has 0 aromatic heterocycles. The largest absolute Gasteiger partial charge is 0.466 e. The van der Waals surface area contributed by atoms with Crippen molar-refractivity contribution in [3.8, 4) is 0 Å². The molecule has 1 aliphatic rings. The van der Waals surface area contributed by atoms with Crippen molar-refractivity contribution in [1.29, 1.82) is 0 Å². The quantitative estimate of drug-likeness (QED) is 0.205. The van der Waals surface area contributed by atoms with Gasteiger partial charge in [-0.2, -0.15) is 0 Å². The summed E-state index contributed by atoms with van der Waals surface area (Å²) in [6, 6.07) is 6.78. The summed E-state index contributed by atoms with van der Waals surface area (Å²) in [7, 11) is 0. The third kappa shape index (κ3) is 7.12. The molecule has 0 amide bonds. The number of rotatable bonds is 10. The molecular formula is C28H38N2O6. The summed E-state index contributed by atoms with van der Waals surface area (Å²) in [4.78, 5) is 48.2. The highest BCUT2D eigenvalue weighted by Gasteiger charge is 2.49. The molecule has 1 heterocycles. The van der Waals surface area contributed by atoms with Crippen LogP contribution in [0.5, 0.6) is 0 Å². The summed E-state index contributed by atoms with van der Waals surface area (Å²) in [5.41, 5.74) is 2.38. The van der Waals surface area contributed by atoms with Gasteiger partial charge in [-0.15, -0.1) is 0 Å². The molecule has 0 spiro atoms. The average molecular weight is 499 g/mol. The van der Waals surface area contributed by atoms with Gasteiger partial charge < -0.3 is 14.2 Å². The molecule has 0 saturated heterocycles. The van der Waals surface area contributed by atoms with Crippen LogP contribution in [0.15, 0.2) is 39.8 Å². The second kappa shape index (κ2) is 13.7. The van der Waals surface area contributed by atoms with Crippen LogP contribution in [0.25, 0.3) is 6.08 Å². The lowest BCUT2D eigenvalue weighted by Gasteiger charge is -2.38. The van der Waals surface area contributed by atoms with Gasteiger partial charge in [0.2, 0.25) is 0 Å². The van der Waals surface area contributed by atoms with E-state index in [2.05, 4.69) is 4.99 Å². The number of carbonyl (C=O) groups is 3. The molecule has 2 rings (SSSR count). The Bertz CT molecular complexity index is 1030. The van der Waals surface area contributed by atoms with Crippen LogP contribution in [-0.2, 0) is 28.6 Å². The van der Waals surface area contributed by atoms with E-state index in [1.165, 1.54) is 0 Å². The Morgan fingerprint density at radius 3 is 2.22 bits per heavy atom. The molecule has 0 bridgehead atoms. The fourth-order valence-corrected chi connectivity index (χ4v) is 4.39. The molecule has 8 nitrogen and oxygen atoms in total. The van der Waals surface area contributed by atoms with Gasteiger partial charge in [-0.3, -0.25) is 19.6 Å². The van der Waals surface area contributed by atoms with Crippen LogP contribution < -0.4 is 0 Å². The number of carbonyl (C=O) groups excluding carboxylic acids is 3. The summed E-state index contributed by atoms with van der Waals surface area (Å²) in [5, 5.41) is 0. The standard InChI is InChI=1S/C28H38N2O6/c1-8-34-26(31)18(6)15-20-13-11-12-14-21(20)24-23(27(32)35-9-2)19(7)30-22(16-29-17(4)5)25(24)28(33)36-10-3/h11-17,22-25H,8-10H2,1-7H3. The van der Waals surface area contributed by atoms with Crippen LogP contribution in [0.1, 0.15) is 65.5 Å². The van der Waals surface area contributed by atoms with Crippen LogP contribution in [-0.4, -0.2) is 61.7 Å². The minimum absolute atomic E-state index is 0.00651. The number of benzene rings is 1. The van der Waals surface area contributed by atoms with Gasteiger partial charge in [-0.05, 0) is 65.7 Å². The zero-order valence-corrected chi connectivity index (χ0v) is 22.3. The summed E-state index contributed by atoms with van der Waals surface area (Å²) < 4.78 is 16.0. The molecular weight excluding hydrogens is 460 g/mol. The molecule has 8 heteroatoms. The second-order valence-electron chi connectivity index (χ2n) is 8.86. The predicted molar refractivity (Wildman–Crippen MR) is 140 cm³/mol. The van der Waals surface area contributed by atoms with Gasteiger partial charge in [-0.25, -0.2) is 4.79 Å². The van der Waals surface area contributed by atoms with Crippen molar-refractivity contribution in [3.63, 3.8) is 0 Å². The van der Waals surface area contributed by atoms with E-state index in [1.54, 1.807) is 46.9 Å². The molecule has 1 aromatic carbocycles. The Labute approximate surface area is 213 Å². The highest BCUT2D eigenvalue weighted by Crippen LogP contribution is 2.42. The molecule has 0 N–H and O–H groups in total. The summed E-state index contributed by atoms with van der Waals surface area (Å²) in [6.45, 7) is 13.2. The average Bonchev–Trinajstić information content (AvgIpc) is 2.82. The minimum atomic E-state index is -0.817. The van der Waals surface area contributed by atoms with Gasteiger partial charge in [-0.1, -0.05) is 24.3 Å². The highest BCUT2D eigenvalue weighted by atomic mass is 16.5. The number of ether oxygens (including phenoxy) is 3. The maximum Gasteiger partial charge on any atom is 0.333 e. The van der Waals surface area contributed by atoms with Crippen molar-refractivity contribution in [3.05, 3.63) is 41.0 Å². The smallest absolute Gasteiger partial charge is 0.333 e. The fourth-order valence-electron chi connectivity index (χ4n) is 4.39. The summed E-state index contributed by atoms with van der Waals surface area (Å²) in [6.07, 6.45) is 3.39. The maximum atomic E-state index is 13.4. The van der Waals surface area contributed by atoms with Crippen molar-refractivity contribution in [2.24, 2.45) is 21.8 Å². The van der Waals surface area contributed by atoms with E-state index in [4.69, 9.17) is 19.2 Å². The monoisotopic (exact) mass is 498 g/mol. The van der Waals surface area contributed by atoms with Crippen molar-refractivity contribution < 1.29 is 28.6 Å². The molecule has 1 aromatic rings. The lowest BCUT2D eigenvalue weighted by atomic mass is 9.69. The number of aliphatic imine (C=N–C) groups is 2. The van der Waals surface area contributed by atoms with E-state index >= 15 is 0 Å². The second-order valence-corrected chi connectivity index (χ2v) is 8.86. The van der Waals surface area contributed by atoms with Crippen molar-refractivity contribution in [1.82, 2.24) is 0 Å². The molecule has 36 heavy (non-hydrogen) atoms. The number of hydrogen-bond acceptors (Lipinski definition) is 8. The van der Waals surface area contributed by atoms with E-state index in [-0.39, 0.29) is 25.9 Å². The topological polar surface area (TPSA) is 104 Å². The Morgan fingerprint density at radius 2 is 1.61 bits per heavy atom. The zero-order chi connectivity index (χ0) is 26.8. The Balaban J connectivity index is 2.79. The normalized spacial score (nSPS) is 22.3. The molecule has 196 valence electrons. The zero-order valence-electron chi connectivity index (χ0n) is 22.3. The first-order chi connectivity index (χ1) is 17.2. The van der Waals surface area contributed by atoms with Crippen molar-refractivity contribution in [2.45, 2.75) is 66.5 Å². The lowest BCUT2D eigenvalue weighted by Crippen LogP contribution is -2.47. The lowest BCUT2D eigenvalue weighted by molar-refractivity contribution is -0.152. The molecule has 0 radical (unpaired) electrons. The molecule has 0 fully saturated rings. The first-order valence-corrected chi connectivity index (χ1v) is 12.5. The van der Waals surface area contributed by atoms with Gasteiger partial charge in [0.1, 0.15) is 5.92 Å². The third-order valence-electron chi connectivity index (χ3n) is 5.88. The van der Waals surface area contributed by atoms with Crippen LogP contribution >= 0.6 is 0 Å². The van der Waals surface area contributed by atoms with E-state index in [1.807, 2.05) is 38.1 Å². The van der Waals surface area contributed by atoms with E-state index in [9.17, 15) is 14.4 Å². The maximum absolute atomic E-state index is 13.4. The van der Waals surface area contributed by atoms with Gasteiger partial charge >= 0.3 is 17.9 Å². The number of esters is 3. The van der Waals surface area contributed by atoms with Crippen LogP contribution in [0.3, 0.4) is 0 Å². The van der Waals surface area contributed by atoms with Crippen LogP contribution in [0.4, 0.5) is 0 Å². The first kappa shape index (κ1) is 28.9. The highest BCUT2D eigenvalue weighted by molar-refractivity contribution is 6.05. The third-order valence-corrected chi connectivity index (χ3v) is 5.88. The van der Waals surface area contributed by atoms with E-state index < -0.39 is 41.7 Å². The van der Waals surface area contributed by atoms with Gasteiger partial charge in [0, 0.05) is 29.5 Å².